The average molecular weight is 388 g/mol. The number of nitrogens with one attached hydrogen (secondary N) is 2. The van der Waals surface area contributed by atoms with Gasteiger partial charge in [0.05, 0.1) is 10.6 Å². The van der Waals surface area contributed by atoms with E-state index in [1.54, 1.807) is 18.2 Å². The Morgan fingerprint density at radius 2 is 1.81 bits per heavy atom. The van der Waals surface area contributed by atoms with Crippen LogP contribution in [-0.4, -0.2) is 26.0 Å². The minimum atomic E-state index is -3.70. The maximum atomic E-state index is 13.0. The fourth-order valence-corrected chi connectivity index (χ4v) is 4.81. The normalized spacial score (nSPS) is 22.9. The van der Waals surface area contributed by atoms with Crippen LogP contribution in [0.15, 0.2) is 47.4 Å². The van der Waals surface area contributed by atoms with Crippen molar-refractivity contribution in [3.63, 3.8) is 0 Å². The fraction of sp³-hybridized carbons (Fsp3) is 0.263. The summed E-state index contributed by atoms with van der Waals surface area (Å²) in [6.45, 7) is 0. The zero-order valence-electron chi connectivity index (χ0n) is 14.2. The summed E-state index contributed by atoms with van der Waals surface area (Å²) < 4.78 is 37.3. The van der Waals surface area contributed by atoms with Crippen LogP contribution in [0.2, 0.25) is 0 Å². The Bertz CT molecular complexity index is 1030. The van der Waals surface area contributed by atoms with E-state index in [9.17, 15) is 22.4 Å². The molecular weight excluding hydrogens is 371 g/mol. The van der Waals surface area contributed by atoms with Gasteiger partial charge in [0.2, 0.25) is 11.8 Å². The first-order valence-electron chi connectivity index (χ1n) is 8.55. The monoisotopic (exact) mass is 388 g/mol. The Balaban J connectivity index is 1.43. The molecule has 0 aromatic heterocycles. The molecule has 1 saturated carbocycles. The van der Waals surface area contributed by atoms with Crippen molar-refractivity contribution in [1.82, 2.24) is 0 Å². The first-order chi connectivity index (χ1) is 12.8. The third kappa shape index (κ3) is 3.44. The predicted octanol–water partition coefficient (Wildman–Crippen LogP) is 2.68. The molecule has 1 aliphatic heterocycles. The van der Waals surface area contributed by atoms with E-state index in [1.165, 1.54) is 24.3 Å². The topological polar surface area (TPSA) is 92.3 Å². The molecule has 2 amide bonds. The lowest BCUT2D eigenvalue weighted by molar-refractivity contribution is -0.122. The number of hydrogen-bond acceptors (Lipinski definition) is 4. The van der Waals surface area contributed by atoms with Crippen molar-refractivity contribution in [1.29, 1.82) is 0 Å². The van der Waals surface area contributed by atoms with Crippen molar-refractivity contribution in [2.75, 3.05) is 16.4 Å². The number of carbonyl (C=O) groups excluding carboxylic acids is 2. The van der Waals surface area contributed by atoms with Gasteiger partial charge < -0.3 is 10.6 Å². The maximum absolute atomic E-state index is 13.0. The van der Waals surface area contributed by atoms with Gasteiger partial charge in [-0.1, -0.05) is 12.1 Å². The molecule has 4 rings (SSSR count). The second kappa shape index (κ2) is 6.45. The second-order valence-corrected chi connectivity index (χ2v) is 8.88. The molecule has 2 aromatic rings. The van der Waals surface area contributed by atoms with Crippen LogP contribution in [0.3, 0.4) is 0 Å². The van der Waals surface area contributed by atoms with Gasteiger partial charge >= 0.3 is 0 Å². The third-order valence-electron chi connectivity index (χ3n) is 5.03. The number of fused-ring (bicyclic) bond motifs is 1. The predicted molar refractivity (Wildman–Crippen MR) is 97.6 cm³/mol. The van der Waals surface area contributed by atoms with Crippen molar-refractivity contribution in [2.45, 2.75) is 23.7 Å². The number of carbonyl (C=O) groups is 2. The quantitative estimate of drug-likeness (QED) is 0.846. The molecule has 2 N–H and O–H groups in total. The highest BCUT2D eigenvalue weighted by molar-refractivity contribution is 7.92. The number of halogens is 1. The van der Waals surface area contributed by atoms with Gasteiger partial charge in [0, 0.05) is 11.6 Å². The first kappa shape index (κ1) is 17.7. The van der Waals surface area contributed by atoms with E-state index >= 15 is 0 Å². The van der Waals surface area contributed by atoms with Crippen LogP contribution in [-0.2, 0) is 19.4 Å². The number of benzene rings is 2. The molecular formula is C19H17FN2O4S. The molecule has 0 atom stereocenters. The van der Waals surface area contributed by atoms with Crippen LogP contribution in [0.4, 0.5) is 15.8 Å². The van der Waals surface area contributed by atoms with E-state index in [0.717, 1.165) is 5.56 Å². The van der Waals surface area contributed by atoms with E-state index in [4.69, 9.17) is 0 Å². The van der Waals surface area contributed by atoms with Crippen LogP contribution >= 0.6 is 0 Å². The maximum Gasteiger partial charge on any atom is 0.239 e. The van der Waals surface area contributed by atoms with Gasteiger partial charge in [-0.25, -0.2) is 12.8 Å². The molecule has 1 heterocycles. The van der Waals surface area contributed by atoms with Crippen molar-refractivity contribution in [3.05, 3.63) is 53.8 Å². The molecule has 0 bridgehead atoms. The minimum Gasteiger partial charge on any atom is -0.326 e. The zero-order valence-corrected chi connectivity index (χ0v) is 15.1. The largest absolute Gasteiger partial charge is 0.326 e. The van der Waals surface area contributed by atoms with Gasteiger partial charge in [0.15, 0.2) is 9.84 Å². The van der Waals surface area contributed by atoms with Gasteiger partial charge in [-0.3, -0.25) is 9.59 Å². The highest BCUT2D eigenvalue weighted by Crippen LogP contribution is 2.42. The molecule has 2 aliphatic rings. The number of sulfone groups is 1. The summed E-state index contributed by atoms with van der Waals surface area (Å²) in [6, 6.07) is 10.7. The molecule has 0 saturated heterocycles. The standard InChI is InChI=1S/C19H17FN2O4S/c20-14-3-1-11(2-4-14)12-7-13(8-12)19(24)21-15-5-6-16-17(9-15)27(25,26)10-18(23)22-16/h1-6,9,12-13H,7-8,10H2,(H,21,24)(H,22,23). The van der Waals surface area contributed by atoms with Crippen LogP contribution in [0, 0.1) is 11.7 Å². The smallest absolute Gasteiger partial charge is 0.239 e. The summed E-state index contributed by atoms with van der Waals surface area (Å²) in [5.74, 6) is -1.58. The Labute approximate surface area is 155 Å². The second-order valence-electron chi connectivity index (χ2n) is 6.92. The fourth-order valence-electron chi connectivity index (χ4n) is 3.48. The molecule has 0 radical (unpaired) electrons. The Morgan fingerprint density at radius 1 is 1.11 bits per heavy atom. The molecule has 0 spiro atoms. The lowest BCUT2D eigenvalue weighted by Gasteiger charge is -2.34. The van der Waals surface area contributed by atoms with Crippen LogP contribution in [0.5, 0.6) is 0 Å². The van der Waals surface area contributed by atoms with E-state index in [2.05, 4.69) is 10.6 Å². The zero-order chi connectivity index (χ0) is 19.2. The van der Waals surface area contributed by atoms with Gasteiger partial charge in [0.1, 0.15) is 11.6 Å². The van der Waals surface area contributed by atoms with Gasteiger partial charge in [-0.15, -0.1) is 0 Å². The van der Waals surface area contributed by atoms with E-state index in [1.807, 2.05) is 0 Å². The highest BCUT2D eigenvalue weighted by atomic mass is 32.2. The minimum absolute atomic E-state index is 0.0118. The third-order valence-corrected chi connectivity index (χ3v) is 6.68. The molecule has 8 heteroatoms. The van der Waals surface area contributed by atoms with Crippen molar-refractivity contribution in [3.8, 4) is 0 Å². The summed E-state index contributed by atoms with van der Waals surface area (Å²) in [5, 5.41) is 5.26. The Morgan fingerprint density at radius 3 is 2.52 bits per heavy atom. The SMILES string of the molecule is O=C1CS(=O)(=O)c2cc(NC(=O)C3CC(c4ccc(F)cc4)C3)ccc2N1. The molecule has 6 nitrogen and oxygen atoms in total. The molecule has 2 aromatic carbocycles. The van der Waals surface area contributed by atoms with E-state index in [0.29, 0.717) is 18.5 Å². The lowest BCUT2D eigenvalue weighted by Crippen LogP contribution is -2.33. The number of amides is 2. The van der Waals surface area contributed by atoms with Crippen molar-refractivity contribution >= 4 is 33.0 Å². The number of anilines is 2. The Kier molecular flexibility index (Phi) is 4.22. The van der Waals surface area contributed by atoms with Crippen LogP contribution in [0.25, 0.3) is 0 Å². The van der Waals surface area contributed by atoms with Gasteiger partial charge in [-0.05, 0) is 54.7 Å². The first-order valence-corrected chi connectivity index (χ1v) is 10.2. The summed E-state index contributed by atoms with van der Waals surface area (Å²) >= 11 is 0. The summed E-state index contributed by atoms with van der Waals surface area (Å²) in [5.41, 5.74) is 1.61. The molecule has 27 heavy (non-hydrogen) atoms. The molecule has 0 unspecified atom stereocenters. The highest BCUT2D eigenvalue weighted by Gasteiger charge is 2.35. The van der Waals surface area contributed by atoms with Crippen LogP contribution in [0.1, 0.15) is 24.3 Å². The summed E-state index contributed by atoms with van der Waals surface area (Å²) in [6.07, 6.45) is 1.33. The molecule has 1 fully saturated rings. The number of hydrogen-bond donors (Lipinski definition) is 2. The van der Waals surface area contributed by atoms with Gasteiger partial charge in [-0.2, -0.15) is 0 Å². The lowest BCUT2D eigenvalue weighted by atomic mass is 9.71. The van der Waals surface area contributed by atoms with E-state index in [-0.39, 0.29) is 34.1 Å². The summed E-state index contributed by atoms with van der Waals surface area (Å²) in [4.78, 5) is 23.9. The van der Waals surface area contributed by atoms with Gasteiger partial charge in [0.25, 0.3) is 0 Å². The summed E-state index contributed by atoms with van der Waals surface area (Å²) in [7, 11) is -3.70. The Hall–Kier alpha value is -2.74. The average Bonchev–Trinajstić information content (AvgIpc) is 2.55. The molecule has 140 valence electrons. The van der Waals surface area contributed by atoms with Crippen molar-refractivity contribution < 1.29 is 22.4 Å². The van der Waals surface area contributed by atoms with Crippen LogP contribution < -0.4 is 10.6 Å². The van der Waals surface area contributed by atoms with Crippen molar-refractivity contribution in [2.24, 2.45) is 5.92 Å². The van der Waals surface area contributed by atoms with E-state index < -0.39 is 21.5 Å². The number of rotatable bonds is 3. The molecule has 1 aliphatic carbocycles.